The van der Waals surface area contributed by atoms with E-state index in [0.29, 0.717) is 49.4 Å². The number of aliphatic carboxylic acids is 3. The lowest BCUT2D eigenvalue weighted by Crippen LogP contribution is -2.49. The number of halogens is 10. The van der Waals surface area contributed by atoms with E-state index < -0.39 is 36.4 Å². The zero-order chi connectivity index (χ0) is 43.3. The van der Waals surface area contributed by atoms with Crippen molar-refractivity contribution in [1.82, 2.24) is 24.8 Å². The molecule has 6 N–H and O–H groups in total. The molecule has 2 aliphatic heterocycles. The van der Waals surface area contributed by atoms with Crippen molar-refractivity contribution >= 4 is 70.2 Å². The number of benzene rings is 1. The van der Waals surface area contributed by atoms with Gasteiger partial charge in [0.2, 0.25) is 17.8 Å². The van der Waals surface area contributed by atoms with Crippen LogP contribution in [-0.2, 0) is 36.8 Å². The van der Waals surface area contributed by atoms with Crippen LogP contribution in [0, 0.1) is 0 Å². The molecule has 1 saturated heterocycles. The van der Waals surface area contributed by atoms with E-state index in [-0.39, 0.29) is 18.4 Å². The number of carboxylic acid groups (broad SMARTS) is 3. The summed E-state index contributed by atoms with van der Waals surface area (Å²) in [4.78, 5) is 68.1. The average Bonchev–Trinajstić information content (AvgIpc) is 3.10. The smallest absolute Gasteiger partial charge is 0.475 e. The summed E-state index contributed by atoms with van der Waals surface area (Å²) in [6.07, 6.45) is -8.72. The Bertz CT molecular complexity index is 1850. The number of carboxylic acids is 3. The first-order chi connectivity index (χ1) is 26.3. The van der Waals surface area contributed by atoms with Gasteiger partial charge in [0.05, 0.1) is 24.6 Å². The number of alkyl halides is 9. The van der Waals surface area contributed by atoms with Gasteiger partial charge >= 0.3 is 36.4 Å². The zero-order valence-electron chi connectivity index (χ0n) is 28.9. The number of pyridine rings is 1. The van der Waals surface area contributed by atoms with E-state index in [1.807, 2.05) is 35.4 Å². The molecule has 0 unspecified atom stereocenters. The molecule has 3 aromatic rings. The Morgan fingerprint density at radius 2 is 1.32 bits per heavy atom. The van der Waals surface area contributed by atoms with Crippen molar-refractivity contribution in [3.05, 3.63) is 59.0 Å². The number of anilines is 5. The lowest BCUT2D eigenvalue weighted by molar-refractivity contribution is -0.193. The second-order valence-corrected chi connectivity index (χ2v) is 11.7. The summed E-state index contributed by atoms with van der Waals surface area (Å²) in [7, 11) is 0. The van der Waals surface area contributed by atoms with Gasteiger partial charge in [0.25, 0.3) is 0 Å². The molecule has 6 bridgehead atoms. The van der Waals surface area contributed by atoms with Gasteiger partial charge in [-0.1, -0.05) is 11.6 Å². The summed E-state index contributed by atoms with van der Waals surface area (Å²) in [5.74, 6) is -7.39. The molecule has 0 atom stereocenters. The summed E-state index contributed by atoms with van der Waals surface area (Å²) < 4.78 is 95.2. The predicted molar refractivity (Wildman–Crippen MR) is 180 cm³/mol. The van der Waals surface area contributed by atoms with E-state index in [4.69, 9.17) is 41.3 Å². The number of carbonyl (C=O) groups is 5. The molecular weight excluding hydrogens is 819 g/mol. The molecule has 4 heterocycles. The van der Waals surface area contributed by atoms with Crippen LogP contribution in [0.4, 0.5) is 68.3 Å². The number of rotatable bonds is 3. The van der Waals surface area contributed by atoms with E-state index >= 15 is 0 Å². The largest absolute Gasteiger partial charge is 0.490 e. The first-order valence-corrected chi connectivity index (χ1v) is 16.0. The van der Waals surface area contributed by atoms with E-state index in [9.17, 15) is 49.1 Å². The van der Waals surface area contributed by atoms with Crippen molar-refractivity contribution in [2.75, 3.05) is 48.7 Å². The fourth-order valence-electron chi connectivity index (χ4n) is 4.37. The molecule has 57 heavy (non-hydrogen) atoms. The fourth-order valence-corrected chi connectivity index (χ4v) is 4.50. The van der Waals surface area contributed by atoms with E-state index in [0.717, 1.165) is 34.6 Å². The minimum atomic E-state index is -5.08. The van der Waals surface area contributed by atoms with Crippen molar-refractivity contribution in [2.24, 2.45) is 0 Å². The van der Waals surface area contributed by atoms with Gasteiger partial charge in [0, 0.05) is 50.7 Å². The third kappa shape index (κ3) is 16.7. The van der Waals surface area contributed by atoms with Gasteiger partial charge in [0.15, 0.2) is 5.82 Å². The number of amides is 2. The number of nitrogens with zero attached hydrogens (tertiary/aromatic N) is 5. The van der Waals surface area contributed by atoms with Gasteiger partial charge in [0.1, 0.15) is 5.02 Å². The predicted octanol–water partition coefficient (Wildman–Crippen LogP) is 5.11. The van der Waals surface area contributed by atoms with Crippen LogP contribution in [0.2, 0.25) is 5.02 Å². The monoisotopic (exact) mass is 848 g/mol. The van der Waals surface area contributed by atoms with E-state index in [1.165, 1.54) is 0 Å². The van der Waals surface area contributed by atoms with Crippen molar-refractivity contribution in [3.8, 4) is 0 Å². The first-order valence-electron chi connectivity index (χ1n) is 15.6. The first kappa shape index (κ1) is 47.2. The number of fused-ring (bicyclic) bond motifs is 6. The normalized spacial score (nSPS) is 13.9. The average molecular weight is 849 g/mol. The van der Waals surface area contributed by atoms with Gasteiger partial charge in [-0.05, 0) is 48.2 Å². The SMILES string of the molecule is CC(=O)N1CCN(CC(=O)Nc2ccc3cc2CCc2cncc(c2)Nc2ncc(Cl)c(n2)N3)CC1.O=C(O)C(F)(F)F.O=C(O)C(F)(F)F.O=C(O)C(F)(F)F. The number of nitrogens with one attached hydrogen (secondary N) is 3. The van der Waals surface area contributed by atoms with Crippen molar-refractivity contribution in [1.29, 1.82) is 0 Å². The topological polar surface area (TPSA) is 227 Å². The second kappa shape index (κ2) is 20.3. The Morgan fingerprint density at radius 1 is 0.772 bits per heavy atom. The fraction of sp³-hybridized carbons (Fsp3) is 0.355. The Hall–Kier alpha value is -5.98. The Labute approximate surface area is 319 Å². The van der Waals surface area contributed by atoms with Crippen LogP contribution in [-0.4, -0.2) is 121 Å². The molecule has 0 saturated carbocycles. The van der Waals surface area contributed by atoms with Crippen molar-refractivity contribution < 1.29 is 78.8 Å². The molecular formula is C31H30ClF9N8O8. The highest BCUT2D eigenvalue weighted by atomic mass is 35.5. The van der Waals surface area contributed by atoms with Gasteiger partial charge in [-0.25, -0.2) is 19.4 Å². The van der Waals surface area contributed by atoms with E-state index in [1.54, 1.807) is 19.3 Å². The summed E-state index contributed by atoms with van der Waals surface area (Å²) in [5.41, 5.74) is 4.38. The Morgan fingerprint density at radius 3 is 1.82 bits per heavy atom. The molecule has 0 spiro atoms. The lowest BCUT2D eigenvalue weighted by atomic mass is 10.0. The molecule has 2 aromatic heterocycles. The highest BCUT2D eigenvalue weighted by molar-refractivity contribution is 6.32. The molecule has 5 rings (SSSR count). The lowest BCUT2D eigenvalue weighted by Gasteiger charge is -2.33. The summed E-state index contributed by atoms with van der Waals surface area (Å²) >= 11 is 6.34. The third-order valence-electron chi connectivity index (χ3n) is 7.03. The van der Waals surface area contributed by atoms with Crippen LogP contribution < -0.4 is 16.0 Å². The Kier molecular flexibility index (Phi) is 16.8. The number of carbonyl (C=O) groups excluding carboxylic acids is 2. The van der Waals surface area contributed by atoms with E-state index in [2.05, 4.69) is 35.8 Å². The molecule has 2 amide bonds. The second-order valence-electron chi connectivity index (χ2n) is 11.3. The van der Waals surface area contributed by atoms with Crippen molar-refractivity contribution in [3.63, 3.8) is 0 Å². The number of piperazine rings is 1. The van der Waals surface area contributed by atoms with Gasteiger partial charge in [-0.3, -0.25) is 19.5 Å². The third-order valence-corrected chi connectivity index (χ3v) is 7.31. The van der Waals surface area contributed by atoms with Crippen LogP contribution in [0.5, 0.6) is 0 Å². The van der Waals surface area contributed by atoms with Crippen LogP contribution >= 0.6 is 11.6 Å². The minimum Gasteiger partial charge on any atom is -0.475 e. The number of hydrogen-bond acceptors (Lipinski definition) is 11. The van der Waals surface area contributed by atoms with Crippen LogP contribution in [0.3, 0.4) is 0 Å². The highest BCUT2D eigenvalue weighted by Gasteiger charge is 2.39. The molecule has 0 radical (unpaired) electrons. The van der Waals surface area contributed by atoms with Gasteiger partial charge in [-0.15, -0.1) is 0 Å². The number of aryl methyl sites for hydroxylation is 2. The van der Waals surface area contributed by atoms with Crippen molar-refractivity contribution in [2.45, 2.75) is 38.3 Å². The number of hydrogen-bond donors (Lipinski definition) is 6. The zero-order valence-corrected chi connectivity index (χ0v) is 29.6. The summed E-state index contributed by atoms with van der Waals surface area (Å²) in [6.45, 7) is 4.51. The maximum Gasteiger partial charge on any atom is 0.490 e. The molecule has 26 heteroatoms. The van der Waals surface area contributed by atoms with Crippen LogP contribution in [0.15, 0.2) is 42.9 Å². The quantitative estimate of drug-likeness (QED) is 0.188. The molecule has 1 fully saturated rings. The molecule has 1 aromatic carbocycles. The molecule has 312 valence electrons. The maximum absolute atomic E-state index is 12.9. The van der Waals surface area contributed by atoms with Gasteiger partial charge in [-0.2, -0.15) is 44.5 Å². The summed E-state index contributed by atoms with van der Waals surface area (Å²) in [6, 6.07) is 7.80. The molecule has 16 nitrogen and oxygen atoms in total. The van der Waals surface area contributed by atoms with Crippen LogP contribution in [0.1, 0.15) is 18.1 Å². The maximum atomic E-state index is 12.9. The van der Waals surface area contributed by atoms with Gasteiger partial charge < -0.3 is 36.2 Å². The molecule has 0 aliphatic carbocycles. The highest BCUT2D eigenvalue weighted by Crippen LogP contribution is 2.29. The Balaban J connectivity index is 0.000000438. The number of aromatic nitrogens is 3. The summed E-state index contributed by atoms with van der Waals surface area (Å²) in [5, 5.41) is 31.3. The standard InChI is InChI=1S/C25H27ClN8O2.3C2HF3O2/c1-16(35)34-8-6-33(7-9-34)15-23(36)31-22-5-4-19-11-18(22)3-2-17-10-20(13-27-12-17)30-25-28-14-21(26)24(29-19)32-25;3*3-2(4,5)1(6)7/h4-5,10-14H,2-3,6-9,15H2,1H3,(H,31,36)(H2,28,29,30,32);3*(H,6,7). The molecule has 2 aliphatic rings. The van der Waals surface area contributed by atoms with Crippen LogP contribution in [0.25, 0.3) is 0 Å². The minimum absolute atomic E-state index is 0.0730.